The third-order valence-corrected chi connectivity index (χ3v) is 5.93. The third-order valence-electron chi connectivity index (χ3n) is 4.79. The van der Waals surface area contributed by atoms with Crippen molar-refractivity contribution >= 4 is 29.9 Å². The molecule has 1 fully saturated rings. The molecule has 0 bridgehead atoms. The van der Waals surface area contributed by atoms with Crippen LogP contribution in [0.4, 0.5) is 13.2 Å². The average molecular weight is 417 g/mol. The number of phenols is 2. The van der Waals surface area contributed by atoms with Gasteiger partial charge in [-0.1, -0.05) is 26.7 Å². The number of carbonyl (C=O) groups excluding carboxylic acids is 2. The van der Waals surface area contributed by atoms with Gasteiger partial charge in [0, 0.05) is 17.3 Å². The smallest absolute Gasteiger partial charge is 0.420 e. The van der Waals surface area contributed by atoms with Crippen LogP contribution in [0.3, 0.4) is 0 Å². The molecule has 0 aromatic heterocycles. The van der Waals surface area contributed by atoms with Crippen molar-refractivity contribution in [3.63, 3.8) is 0 Å². The summed E-state index contributed by atoms with van der Waals surface area (Å²) in [6.45, 7) is 4.65. The zero-order valence-electron chi connectivity index (χ0n) is 15.5. The first kappa shape index (κ1) is 22.3. The fourth-order valence-electron chi connectivity index (χ4n) is 3.14. The number of carbonyl (C=O) groups is 2. The van der Waals surface area contributed by atoms with Crippen molar-refractivity contribution in [3.8, 4) is 11.5 Å². The van der Waals surface area contributed by atoms with Crippen LogP contribution in [-0.2, 0) is 15.8 Å². The van der Waals surface area contributed by atoms with Crippen LogP contribution in [0.2, 0.25) is 0 Å². The van der Waals surface area contributed by atoms with Crippen molar-refractivity contribution in [1.82, 2.24) is 4.90 Å². The van der Waals surface area contributed by atoms with Crippen LogP contribution in [-0.4, -0.2) is 45.6 Å². The maximum absolute atomic E-state index is 13.1. The summed E-state index contributed by atoms with van der Waals surface area (Å²) in [6.07, 6.45) is -1.48. The molecule has 1 aliphatic rings. The Balaban J connectivity index is 2.42. The molecular weight excluding hydrogens is 395 g/mol. The molecule has 2 rings (SSSR count). The van der Waals surface area contributed by atoms with Gasteiger partial charge in [0.25, 0.3) is 0 Å². The lowest BCUT2D eigenvalue weighted by Crippen LogP contribution is -2.40. The molecule has 1 aromatic carbocycles. The number of aldehydes is 1. The zero-order chi connectivity index (χ0) is 21.1. The first-order chi connectivity index (χ1) is 13.1. The number of alkyl halides is 3. The van der Waals surface area contributed by atoms with Crippen LogP contribution in [0.25, 0.3) is 6.08 Å². The highest BCUT2D eigenvalue weighted by molar-refractivity contribution is 8.03. The lowest BCUT2D eigenvalue weighted by Gasteiger charge is -2.25. The van der Waals surface area contributed by atoms with Gasteiger partial charge in [0.2, 0.25) is 5.78 Å². The molecule has 0 spiro atoms. The van der Waals surface area contributed by atoms with E-state index in [1.165, 1.54) is 17.8 Å². The second-order valence-corrected chi connectivity index (χ2v) is 7.65. The molecule has 0 saturated carbocycles. The fourth-order valence-corrected chi connectivity index (χ4v) is 4.35. The predicted molar refractivity (Wildman–Crippen MR) is 101 cm³/mol. The first-order valence-electron chi connectivity index (χ1n) is 8.82. The van der Waals surface area contributed by atoms with E-state index in [0.717, 1.165) is 18.9 Å². The highest BCUT2D eigenvalue weighted by Crippen LogP contribution is 2.43. The SMILES string of the molecule is CCC(CC)CN1CS/C(=C\c2cc(O)c(O)c(C(F)(F)F)c2)C1C(=O)C=O. The third kappa shape index (κ3) is 4.88. The van der Waals surface area contributed by atoms with Crippen molar-refractivity contribution in [2.75, 3.05) is 12.4 Å². The van der Waals surface area contributed by atoms with E-state index in [1.807, 2.05) is 18.7 Å². The summed E-state index contributed by atoms with van der Waals surface area (Å²) in [4.78, 5) is 25.6. The Morgan fingerprint density at radius 2 is 1.96 bits per heavy atom. The number of ketones is 1. The van der Waals surface area contributed by atoms with Gasteiger partial charge in [-0.15, -0.1) is 11.8 Å². The topological polar surface area (TPSA) is 77.8 Å². The molecule has 154 valence electrons. The highest BCUT2D eigenvalue weighted by atomic mass is 32.2. The monoisotopic (exact) mass is 417 g/mol. The van der Waals surface area contributed by atoms with E-state index in [0.29, 0.717) is 29.3 Å². The predicted octanol–water partition coefficient (Wildman–Crippen LogP) is 4.04. The van der Waals surface area contributed by atoms with Crippen LogP contribution in [0, 0.1) is 5.92 Å². The van der Waals surface area contributed by atoms with Gasteiger partial charge in [0.05, 0.1) is 0 Å². The number of hydrogen-bond donors (Lipinski definition) is 2. The summed E-state index contributed by atoms with van der Waals surface area (Å²) >= 11 is 1.27. The second-order valence-electron chi connectivity index (χ2n) is 6.63. The first-order valence-corrected chi connectivity index (χ1v) is 9.81. The quantitative estimate of drug-likeness (QED) is 0.396. The Hall–Kier alpha value is -2.00. The van der Waals surface area contributed by atoms with E-state index in [1.54, 1.807) is 0 Å². The molecule has 1 saturated heterocycles. The highest BCUT2D eigenvalue weighted by Gasteiger charge is 2.37. The standard InChI is InChI=1S/C19H22F3NO4S/c1-3-11(4-2)8-23-10-28-16(17(23)15(26)9-24)7-12-5-13(19(20,21)22)18(27)14(25)6-12/h5-7,9,11,17,25,27H,3-4,8,10H2,1-2H3/b16-7-. The van der Waals surface area contributed by atoms with Gasteiger partial charge in [0.15, 0.2) is 17.8 Å². The number of nitrogens with zero attached hydrogens (tertiary/aromatic N) is 1. The molecule has 0 radical (unpaired) electrons. The molecule has 1 unspecified atom stereocenters. The van der Waals surface area contributed by atoms with Gasteiger partial charge in [-0.2, -0.15) is 13.2 Å². The minimum Gasteiger partial charge on any atom is -0.504 e. The summed E-state index contributed by atoms with van der Waals surface area (Å²) in [5.41, 5.74) is -1.38. The second kappa shape index (κ2) is 9.00. The Bertz CT molecular complexity index is 775. The largest absolute Gasteiger partial charge is 0.504 e. The summed E-state index contributed by atoms with van der Waals surface area (Å²) in [5.74, 6) is -2.05. The maximum Gasteiger partial charge on any atom is 0.420 e. The zero-order valence-corrected chi connectivity index (χ0v) is 16.3. The number of aromatic hydroxyl groups is 2. The molecule has 1 heterocycles. The molecule has 1 aromatic rings. The Morgan fingerprint density at radius 3 is 2.50 bits per heavy atom. The lowest BCUT2D eigenvalue weighted by atomic mass is 10.0. The number of Topliss-reactive ketones (excluding diaryl/α,β-unsaturated/α-hetero) is 1. The summed E-state index contributed by atoms with van der Waals surface area (Å²) in [7, 11) is 0. The maximum atomic E-state index is 13.1. The Morgan fingerprint density at radius 1 is 1.32 bits per heavy atom. The number of halogens is 3. The molecule has 9 heteroatoms. The van der Waals surface area contributed by atoms with E-state index < -0.39 is 35.1 Å². The van der Waals surface area contributed by atoms with Crippen LogP contribution < -0.4 is 0 Å². The molecule has 28 heavy (non-hydrogen) atoms. The van der Waals surface area contributed by atoms with Crippen molar-refractivity contribution in [1.29, 1.82) is 0 Å². The number of benzene rings is 1. The van der Waals surface area contributed by atoms with Crippen molar-refractivity contribution in [2.45, 2.75) is 38.9 Å². The van der Waals surface area contributed by atoms with E-state index in [2.05, 4.69) is 0 Å². The van der Waals surface area contributed by atoms with E-state index in [4.69, 9.17) is 0 Å². The summed E-state index contributed by atoms with van der Waals surface area (Å²) in [5, 5.41) is 19.1. The number of phenolic OH excluding ortho intramolecular Hbond substituents is 2. The average Bonchev–Trinajstić information content (AvgIpc) is 3.02. The van der Waals surface area contributed by atoms with Crippen LogP contribution in [0.5, 0.6) is 11.5 Å². The van der Waals surface area contributed by atoms with E-state index in [9.17, 15) is 33.0 Å². The van der Waals surface area contributed by atoms with E-state index >= 15 is 0 Å². The van der Waals surface area contributed by atoms with Gasteiger partial charge in [-0.25, -0.2) is 0 Å². The minimum absolute atomic E-state index is 0.0155. The summed E-state index contributed by atoms with van der Waals surface area (Å²) < 4.78 is 39.2. The number of hydrogen-bond acceptors (Lipinski definition) is 6. The molecular formula is C19H22F3NO4S. The van der Waals surface area contributed by atoms with Gasteiger partial charge in [-0.3, -0.25) is 14.5 Å². The Labute approximate surface area is 165 Å². The molecule has 1 atom stereocenters. The number of thioether (sulfide) groups is 1. The van der Waals surface area contributed by atoms with Crippen LogP contribution in [0.15, 0.2) is 17.0 Å². The van der Waals surface area contributed by atoms with Gasteiger partial charge < -0.3 is 10.2 Å². The lowest BCUT2D eigenvalue weighted by molar-refractivity contribution is -0.139. The molecule has 0 aliphatic carbocycles. The van der Waals surface area contributed by atoms with Crippen LogP contribution in [0.1, 0.15) is 37.8 Å². The van der Waals surface area contributed by atoms with E-state index in [-0.39, 0.29) is 11.8 Å². The minimum atomic E-state index is -4.85. The van der Waals surface area contributed by atoms with Crippen LogP contribution >= 0.6 is 11.8 Å². The molecule has 1 aliphatic heterocycles. The molecule has 2 N–H and O–H groups in total. The number of rotatable bonds is 7. The van der Waals surface area contributed by atoms with Gasteiger partial charge in [0.1, 0.15) is 11.6 Å². The Kier molecular flexibility index (Phi) is 7.16. The normalized spacial score (nSPS) is 19.5. The van der Waals surface area contributed by atoms with Crippen molar-refractivity contribution < 1.29 is 33.0 Å². The summed E-state index contributed by atoms with van der Waals surface area (Å²) in [6, 6.07) is 0.840. The van der Waals surface area contributed by atoms with Crippen molar-refractivity contribution in [2.24, 2.45) is 5.92 Å². The van der Waals surface area contributed by atoms with Crippen molar-refractivity contribution in [3.05, 3.63) is 28.2 Å². The fraction of sp³-hybridized carbons (Fsp3) is 0.474. The molecule has 0 amide bonds. The van der Waals surface area contributed by atoms with Gasteiger partial charge >= 0.3 is 6.18 Å². The molecule has 5 nitrogen and oxygen atoms in total. The van der Waals surface area contributed by atoms with Gasteiger partial charge in [-0.05, 0) is 29.7 Å².